The van der Waals surface area contributed by atoms with E-state index in [1.165, 1.54) is 5.56 Å². The lowest BCUT2D eigenvalue weighted by atomic mass is 9.78. The van der Waals surface area contributed by atoms with Crippen LogP contribution in [0.15, 0.2) is 24.3 Å². The molecule has 1 atom stereocenters. The average molecular weight is 357 g/mol. The van der Waals surface area contributed by atoms with Crippen molar-refractivity contribution in [2.24, 2.45) is 5.41 Å². The molecule has 128 valence electrons. The molecule has 1 heterocycles. The molecule has 0 aromatic heterocycles. The molecule has 1 aliphatic heterocycles. The van der Waals surface area contributed by atoms with Crippen molar-refractivity contribution in [3.05, 3.63) is 34.9 Å². The van der Waals surface area contributed by atoms with Crippen LogP contribution in [0.5, 0.6) is 0 Å². The fraction of sp³-hybridized carbons (Fsp3) is 0.611. The van der Waals surface area contributed by atoms with Crippen LogP contribution >= 0.6 is 24.0 Å². The van der Waals surface area contributed by atoms with Crippen molar-refractivity contribution in [1.82, 2.24) is 10.2 Å². The molecule has 1 saturated carbocycles. The zero-order chi connectivity index (χ0) is 15.6. The van der Waals surface area contributed by atoms with E-state index in [1.54, 1.807) is 0 Å². The number of rotatable bonds is 4. The Morgan fingerprint density at radius 3 is 2.74 bits per heavy atom. The third-order valence-corrected chi connectivity index (χ3v) is 5.58. The van der Waals surface area contributed by atoms with E-state index < -0.39 is 0 Å². The number of nitrogens with one attached hydrogen (secondary N) is 1. The molecule has 1 unspecified atom stereocenters. The minimum Gasteiger partial charge on any atom is -0.341 e. The van der Waals surface area contributed by atoms with Crippen LogP contribution in [0.2, 0.25) is 5.02 Å². The average Bonchev–Trinajstić information content (AvgIpc) is 3.18. The summed E-state index contributed by atoms with van der Waals surface area (Å²) in [4.78, 5) is 15.2. The highest BCUT2D eigenvalue weighted by Gasteiger charge is 2.44. The third-order valence-electron chi connectivity index (χ3n) is 5.35. The number of nitrogens with zero attached hydrogens (tertiary/aromatic N) is 1. The van der Waals surface area contributed by atoms with E-state index in [2.05, 4.69) is 11.4 Å². The van der Waals surface area contributed by atoms with Gasteiger partial charge in [-0.1, -0.05) is 36.6 Å². The Morgan fingerprint density at radius 2 is 2.13 bits per heavy atom. The van der Waals surface area contributed by atoms with Gasteiger partial charge in [0.05, 0.1) is 5.41 Å². The van der Waals surface area contributed by atoms with Crippen LogP contribution in [0.3, 0.4) is 0 Å². The number of halogens is 2. The van der Waals surface area contributed by atoms with E-state index in [9.17, 15) is 4.79 Å². The van der Waals surface area contributed by atoms with Crippen LogP contribution in [-0.4, -0.2) is 37.0 Å². The molecule has 5 heteroatoms. The van der Waals surface area contributed by atoms with Crippen molar-refractivity contribution in [2.75, 3.05) is 20.1 Å². The van der Waals surface area contributed by atoms with Crippen LogP contribution in [0.1, 0.15) is 37.7 Å². The van der Waals surface area contributed by atoms with Crippen molar-refractivity contribution < 1.29 is 4.79 Å². The second-order valence-electron chi connectivity index (χ2n) is 6.86. The molecule has 23 heavy (non-hydrogen) atoms. The highest BCUT2D eigenvalue weighted by Crippen LogP contribution is 2.43. The second kappa shape index (κ2) is 7.87. The summed E-state index contributed by atoms with van der Waals surface area (Å²) in [6.45, 7) is 1.94. The largest absolute Gasteiger partial charge is 0.341 e. The molecule has 1 N–H and O–H groups in total. The maximum absolute atomic E-state index is 13.2. The Hall–Kier alpha value is -0.770. The molecular weight excluding hydrogens is 331 g/mol. The predicted molar refractivity (Wildman–Crippen MR) is 97.3 cm³/mol. The monoisotopic (exact) mass is 356 g/mol. The van der Waals surface area contributed by atoms with Gasteiger partial charge in [0, 0.05) is 24.7 Å². The van der Waals surface area contributed by atoms with Gasteiger partial charge in [0.25, 0.3) is 0 Å². The van der Waals surface area contributed by atoms with Crippen LogP contribution < -0.4 is 5.32 Å². The Balaban J connectivity index is 0.00000192. The normalized spacial score (nSPS) is 22.6. The van der Waals surface area contributed by atoms with Gasteiger partial charge in [0.1, 0.15) is 0 Å². The zero-order valence-electron chi connectivity index (χ0n) is 13.7. The number of hydrogen-bond acceptors (Lipinski definition) is 2. The van der Waals surface area contributed by atoms with Gasteiger partial charge in [0.2, 0.25) is 5.91 Å². The standard InChI is InChI=1S/C18H25ClN2O.ClH/c1-21(16-7-10-20-13-16)17(22)18(8-2-3-9-18)12-14-5-4-6-15(19)11-14;/h4-6,11,16,20H,2-3,7-10,12-13H2,1H3;1H. The van der Waals surface area contributed by atoms with E-state index in [0.29, 0.717) is 11.9 Å². The number of carbonyl (C=O) groups excluding carboxylic acids is 1. The molecule has 0 radical (unpaired) electrons. The summed E-state index contributed by atoms with van der Waals surface area (Å²) in [5.74, 6) is 0.332. The Labute approximate surface area is 150 Å². The van der Waals surface area contributed by atoms with Crippen molar-refractivity contribution >= 4 is 29.9 Å². The Morgan fingerprint density at radius 1 is 1.39 bits per heavy atom. The maximum Gasteiger partial charge on any atom is 0.229 e. The van der Waals surface area contributed by atoms with E-state index in [1.807, 2.05) is 30.1 Å². The van der Waals surface area contributed by atoms with Crippen molar-refractivity contribution in [3.63, 3.8) is 0 Å². The predicted octanol–water partition coefficient (Wildman–Crippen LogP) is 3.69. The minimum atomic E-state index is -0.220. The van der Waals surface area contributed by atoms with E-state index >= 15 is 0 Å². The molecule has 0 bridgehead atoms. The smallest absolute Gasteiger partial charge is 0.229 e. The molecule has 2 fully saturated rings. The molecular formula is C18H26Cl2N2O. The van der Waals surface area contributed by atoms with Gasteiger partial charge in [-0.2, -0.15) is 0 Å². The first-order chi connectivity index (χ1) is 10.6. The van der Waals surface area contributed by atoms with E-state index in [-0.39, 0.29) is 17.8 Å². The van der Waals surface area contributed by atoms with E-state index in [4.69, 9.17) is 11.6 Å². The van der Waals surface area contributed by atoms with Crippen molar-refractivity contribution in [2.45, 2.75) is 44.6 Å². The quantitative estimate of drug-likeness (QED) is 0.892. The highest BCUT2D eigenvalue weighted by molar-refractivity contribution is 6.30. The first kappa shape index (κ1) is 18.6. The maximum atomic E-state index is 13.2. The fourth-order valence-electron chi connectivity index (χ4n) is 4.07. The van der Waals surface area contributed by atoms with Crippen LogP contribution in [0.25, 0.3) is 0 Å². The number of carbonyl (C=O) groups is 1. The van der Waals surface area contributed by atoms with Gasteiger partial charge in [-0.3, -0.25) is 4.79 Å². The number of hydrogen-bond donors (Lipinski definition) is 1. The van der Waals surface area contributed by atoms with Crippen LogP contribution in [-0.2, 0) is 11.2 Å². The molecule has 2 aliphatic rings. The van der Waals surface area contributed by atoms with Gasteiger partial charge in [0.15, 0.2) is 0 Å². The Kier molecular flexibility index (Phi) is 6.35. The van der Waals surface area contributed by atoms with Gasteiger partial charge >= 0.3 is 0 Å². The zero-order valence-corrected chi connectivity index (χ0v) is 15.3. The summed E-state index contributed by atoms with van der Waals surface area (Å²) in [5.41, 5.74) is 0.961. The molecule has 1 aliphatic carbocycles. The molecule has 0 spiro atoms. The summed E-state index contributed by atoms with van der Waals surface area (Å²) >= 11 is 6.12. The molecule has 1 aromatic rings. The first-order valence-electron chi connectivity index (χ1n) is 8.33. The SMILES string of the molecule is CN(C(=O)C1(Cc2cccc(Cl)c2)CCCC1)C1CCNC1.Cl. The van der Waals surface area contributed by atoms with Gasteiger partial charge in [-0.15, -0.1) is 12.4 Å². The van der Waals surface area contributed by atoms with E-state index in [0.717, 1.165) is 56.6 Å². The van der Waals surface area contributed by atoms with Gasteiger partial charge in [-0.25, -0.2) is 0 Å². The second-order valence-corrected chi connectivity index (χ2v) is 7.29. The van der Waals surface area contributed by atoms with Crippen LogP contribution in [0, 0.1) is 5.41 Å². The van der Waals surface area contributed by atoms with Gasteiger partial charge < -0.3 is 10.2 Å². The van der Waals surface area contributed by atoms with Crippen LogP contribution in [0.4, 0.5) is 0 Å². The molecule has 3 rings (SSSR count). The summed E-state index contributed by atoms with van der Waals surface area (Å²) < 4.78 is 0. The lowest BCUT2D eigenvalue weighted by Gasteiger charge is -2.35. The Bertz CT molecular complexity index is 538. The molecule has 3 nitrogen and oxygen atoms in total. The number of benzene rings is 1. The number of likely N-dealkylation sites (N-methyl/N-ethyl adjacent to an activating group) is 1. The fourth-order valence-corrected chi connectivity index (χ4v) is 4.28. The summed E-state index contributed by atoms with van der Waals surface area (Å²) in [6, 6.07) is 8.33. The molecule has 1 aromatic carbocycles. The molecule has 1 saturated heterocycles. The lowest BCUT2D eigenvalue weighted by molar-refractivity contribution is -0.142. The minimum absolute atomic E-state index is 0. The topological polar surface area (TPSA) is 32.3 Å². The van der Waals surface area contributed by atoms with Crippen molar-refractivity contribution in [3.8, 4) is 0 Å². The third kappa shape index (κ3) is 4.01. The lowest BCUT2D eigenvalue weighted by Crippen LogP contribution is -2.47. The molecule has 1 amide bonds. The van der Waals surface area contributed by atoms with Gasteiger partial charge in [-0.05, 0) is 49.9 Å². The van der Waals surface area contributed by atoms with Crippen molar-refractivity contribution in [1.29, 1.82) is 0 Å². The first-order valence-corrected chi connectivity index (χ1v) is 8.71. The summed E-state index contributed by atoms with van der Waals surface area (Å²) in [5, 5.41) is 4.11. The summed E-state index contributed by atoms with van der Waals surface area (Å²) in [6.07, 6.45) is 6.20. The number of amides is 1. The summed E-state index contributed by atoms with van der Waals surface area (Å²) in [7, 11) is 1.98. The highest BCUT2D eigenvalue weighted by atomic mass is 35.5.